The number of nitrogens with zero attached hydrogens (tertiary/aromatic N) is 1. The lowest BCUT2D eigenvalue weighted by molar-refractivity contribution is 0.0369. The van der Waals surface area contributed by atoms with E-state index in [0.29, 0.717) is 12.8 Å². The van der Waals surface area contributed by atoms with E-state index in [4.69, 9.17) is 9.47 Å². The zero-order valence-electron chi connectivity index (χ0n) is 11.5. The Kier molecular flexibility index (Phi) is 3.37. The molecule has 0 saturated carbocycles. The molecule has 4 nitrogen and oxygen atoms in total. The van der Waals surface area contributed by atoms with Gasteiger partial charge in [-0.2, -0.15) is 0 Å². The van der Waals surface area contributed by atoms with Gasteiger partial charge in [-0.3, -0.25) is 4.90 Å². The minimum absolute atomic E-state index is 0.199. The van der Waals surface area contributed by atoms with Crippen LogP contribution in [0.4, 0.5) is 0 Å². The molecule has 1 N–H and O–H groups in total. The number of ether oxygens (including phenoxy) is 2. The van der Waals surface area contributed by atoms with E-state index in [1.165, 1.54) is 0 Å². The van der Waals surface area contributed by atoms with Gasteiger partial charge >= 0.3 is 0 Å². The quantitative estimate of drug-likeness (QED) is 0.886. The van der Waals surface area contributed by atoms with E-state index in [1.807, 2.05) is 18.2 Å². The molecule has 2 aliphatic rings. The average Bonchev–Trinajstić information content (AvgIpc) is 2.85. The van der Waals surface area contributed by atoms with Gasteiger partial charge in [0, 0.05) is 18.5 Å². The first kappa shape index (κ1) is 12.8. The molecule has 0 bridgehead atoms. The van der Waals surface area contributed by atoms with Crippen LogP contribution in [-0.2, 0) is 0 Å². The molecule has 1 aromatic rings. The number of fused-ring (bicyclic) bond motifs is 1. The highest BCUT2D eigenvalue weighted by Gasteiger charge is 2.30. The number of hydrogen-bond donors (Lipinski definition) is 1. The second-order valence-corrected chi connectivity index (χ2v) is 5.66. The van der Waals surface area contributed by atoms with Gasteiger partial charge in [-0.25, -0.2) is 0 Å². The Bertz CT molecular complexity index is 461. The van der Waals surface area contributed by atoms with Crippen molar-refractivity contribution in [3.63, 3.8) is 0 Å². The maximum absolute atomic E-state index is 10.4. The highest BCUT2D eigenvalue weighted by atomic mass is 16.7. The maximum Gasteiger partial charge on any atom is 0.231 e. The van der Waals surface area contributed by atoms with Crippen molar-refractivity contribution in [1.82, 2.24) is 4.90 Å². The number of likely N-dealkylation sites (tertiary alicyclic amines) is 1. The van der Waals surface area contributed by atoms with E-state index in [2.05, 4.69) is 18.7 Å². The van der Waals surface area contributed by atoms with Crippen molar-refractivity contribution in [1.29, 1.82) is 0 Å². The molecule has 1 saturated heterocycles. The van der Waals surface area contributed by atoms with Crippen molar-refractivity contribution in [2.45, 2.75) is 38.3 Å². The molecular weight excluding hydrogens is 242 g/mol. The molecule has 2 aliphatic heterocycles. The van der Waals surface area contributed by atoms with Crippen LogP contribution in [0.5, 0.6) is 11.5 Å². The summed E-state index contributed by atoms with van der Waals surface area (Å²) in [6.07, 6.45) is 0.676. The average molecular weight is 263 g/mol. The number of aliphatic hydroxyl groups is 1. The van der Waals surface area contributed by atoms with Crippen LogP contribution in [0.15, 0.2) is 18.2 Å². The van der Waals surface area contributed by atoms with Crippen molar-refractivity contribution < 1.29 is 14.6 Å². The monoisotopic (exact) mass is 263 g/mol. The number of hydrogen-bond acceptors (Lipinski definition) is 4. The maximum atomic E-state index is 10.4. The highest BCUT2D eigenvalue weighted by molar-refractivity contribution is 5.45. The summed E-state index contributed by atoms with van der Waals surface area (Å²) >= 11 is 0. The van der Waals surface area contributed by atoms with Crippen molar-refractivity contribution in [3.05, 3.63) is 23.8 Å². The summed E-state index contributed by atoms with van der Waals surface area (Å²) in [6, 6.07) is 6.50. The van der Waals surface area contributed by atoms with E-state index in [9.17, 15) is 5.11 Å². The lowest BCUT2D eigenvalue weighted by Gasteiger charge is -2.38. The SMILES string of the molecule is CC(C)N1CC[C@@H](c2ccc3c(c2)OCO3)[C@H](O)C1. The molecule has 3 rings (SSSR count). The zero-order valence-corrected chi connectivity index (χ0v) is 11.5. The number of rotatable bonds is 2. The molecule has 2 atom stereocenters. The summed E-state index contributed by atoms with van der Waals surface area (Å²) in [5.41, 5.74) is 1.15. The fourth-order valence-corrected chi connectivity index (χ4v) is 2.96. The summed E-state index contributed by atoms with van der Waals surface area (Å²) in [5.74, 6) is 1.80. The normalized spacial score (nSPS) is 26.9. The first-order chi connectivity index (χ1) is 9.15. The van der Waals surface area contributed by atoms with Gasteiger partial charge in [-0.05, 0) is 44.5 Å². The van der Waals surface area contributed by atoms with Crippen LogP contribution in [0.2, 0.25) is 0 Å². The number of benzene rings is 1. The van der Waals surface area contributed by atoms with Crippen LogP contribution < -0.4 is 9.47 Å². The molecule has 1 aromatic carbocycles. The number of piperidine rings is 1. The van der Waals surface area contributed by atoms with Crippen molar-refractivity contribution in [2.75, 3.05) is 19.9 Å². The molecule has 2 heterocycles. The van der Waals surface area contributed by atoms with E-state index in [1.54, 1.807) is 0 Å². The van der Waals surface area contributed by atoms with Gasteiger partial charge in [0.25, 0.3) is 0 Å². The Labute approximate surface area is 113 Å². The third-order valence-electron chi connectivity index (χ3n) is 4.17. The van der Waals surface area contributed by atoms with E-state index in [0.717, 1.165) is 36.6 Å². The summed E-state index contributed by atoms with van der Waals surface area (Å²) < 4.78 is 10.7. The van der Waals surface area contributed by atoms with Gasteiger partial charge in [0.05, 0.1) is 6.10 Å². The standard InChI is InChI=1S/C15H21NO3/c1-10(2)16-6-5-12(13(17)8-16)11-3-4-14-15(7-11)19-9-18-14/h3-4,7,10,12-13,17H,5-6,8-9H2,1-2H3/t12-,13+/m0/s1. The van der Waals surface area contributed by atoms with Crippen LogP contribution in [0.3, 0.4) is 0 Å². The Morgan fingerprint density at radius 1 is 1.26 bits per heavy atom. The van der Waals surface area contributed by atoms with Gasteiger partial charge in [0.2, 0.25) is 6.79 Å². The van der Waals surface area contributed by atoms with Crippen LogP contribution in [0.25, 0.3) is 0 Å². The predicted molar refractivity (Wildman–Crippen MR) is 72.6 cm³/mol. The van der Waals surface area contributed by atoms with Crippen molar-refractivity contribution in [3.8, 4) is 11.5 Å². The number of β-amino-alcohol motifs (C(OH)–C–C–N with tert-alkyl or cyclic N) is 1. The summed E-state index contributed by atoms with van der Waals surface area (Å²) in [7, 11) is 0. The second kappa shape index (κ2) is 5.02. The van der Waals surface area contributed by atoms with Crippen molar-refractivity contribution in [2.24, 2.45) is 0 Å². The zero-order chi connectivity index (χ0) is 13.4. The Balaban J connectivity index is 1.76. The van der Waals surface area contributed by atoms with Gasteiger partial charge in [-0.1, -0.05) is 6.07 Å². The highest BCUT2D eigenvalue weighted by Crippen LogP contribution is 2.37. The van der Waals surface area contributed by atoms with Crippen molar-refractivity contribution >= 4 is 0 Å². The lowest BCUT2D eigenvalue weighted by atomic mass is 9.86. The molecule has 104 valence electrons. The van der Waals surface area contributed by atoms with Gasteiger partial charge in [0.15, 0.2) is 11.5 Å². The summed E-state index contributed by atoms with van der Waals surface area (Å²) in [6.45, 7) is 6.43. The molecule has 4 heteroatoms. The molecule has 0 aromatic heterocycles. The minimum atomic E-state index is -0.309. The van der Waals surface area contributed by atoms with E-state index < -0.39 is 0 Å². The van der Waals surface area contributed by atoms with Gasteiger partial charge in [-0.15, -0.1) is 0 Å². The molecule has 0 radical (unpaired) electrons. The second-order valence-electron chi connectivity index (χ2n) is 5.66. The molecule has 19 heavy (non-hydrogen) atoms. The van der Waals surface area contributed by atoms with Gasteiger partial charge in [0.1, 0.15) is 0 Å². The molecule has 1 fully saturated rings. The van der Waals surface area contributed by atoms with Crippen LogP contribution in [-0.4, -0.2) is 42.0 Å². The van der Waals surface area contributed by atoms with Gasteiger partial charge < -0.3 is 14.6 Å². The van der Waals surface area contributed by atoms with Crippen LogP contribution in [0.1, 0.15) is 31.7 Å². The Hall–Kier alpha value is -1.26. The van der Waals surface area contributed by atoms with E-state index in [-0.39, 0.29) is 12.0 Å². The topological polar surface area (TPSA) is 41.9 Å². The largest absolute Gasteiger partial charge is 0.454 e. The fraction of sp³-hybridized carbons (Fsp3) is 0.600. The van der Waals surface area contributed by atoms with Crippen LogP contribution >= 0.6 is 0 Å². The van der Waals surface area contributed by atoms with E-state index >= 15 is 0 Å². The summed E-state index contributed by atoms with van der Waals surface area (Å²) in [5, 5.41) is 10.4. The smallest absolute Gasteiger partial charge is 0.231 e. The molecular formula is C15H21NO3. The number of aliphatic hydroxyl groups excluding tert-OH is 1. The Morgan fingerprint density at radius 3 is 2.79 bits per heavy atom. The first-order valence-electron chi connectivity index (χ1n) is 6.97. The van der Waals surface area contributed by atoms with Crippen LogP contribution in [0, 0.1) is 0 Å². The Morgan fingerprint density at radius 2 is 2.05 bits per heavy atom. The summed E-state index contributed by atoms with van der Waals surface area (Å²) in [4.78, 5) is 2.33. The third kappa shape index (κ3) is 2.42. The predicted octanol–water partition coefficient (Wildman–Crippen LogP) is 1.97. The minimum Gasteiger partial charge on any atom is -0.454 e. The molecule has 0 aliphatic carbocycles. The first-order valence-corrected chi connectivity index (χ1v) is 6.97. The lowest BCUT2D eigenvalue weighted by Crippen LogP contribution is -2.45. The molecule has 0 spiro atoms. The molecule has 0 amide bonds. The fourth-order valence-electron chi connectivity index (χ4n) is 2.96. The molecule has 0 unspecified atom stereocenters. The third-order valence-corrected chi connectivity index (χ3v) is 4.17.